The Morgan fingerprint density at radius 1 is 1.25 bits per heavy atom. The first-order valence-corrected chi connectivity index (χ1v) is 6.36. The molecule has 0 aliphatic carbocycles. The van der Waals surface area contributed by atoms with Crippen LogP contribution in [0.5, 0.6) is 5.75 Å². The van der Waals surface area contributed by atoms with E-state index in [1.807, 2.05) is 32.0 Å². The molecule has 0 saturated heterocycles. The summed E-state index contributed by atoms with van der Waals surface area (Å²) in [5.41, 5.74) is 6.94. The number of ether oxygens (including phenoxy) is 1. The lowest BCUT2D eigenvalue weighted by atomic mass is 10.0. The van der Waals surface area contributed by atoms with Gasteiger partial charge in [0.25, 0.3) is 0 Å². The number of benzene rings is 1. The SMILES string of the molecule is COc1ccc(C)cc1[C@H](C)NC(=O)[C@@H](C)NC(N)=O. The largest absolute Gasteiger partial charge is 0.496 e. The van der Waals surface area contributed by atoms with Crippen LogP contribution >= 0.6 is 0 Å². The molecule has 0 fully saturated rings. The lowest BCUT2D eigenvalue weighted by Gasteiger charge is -2.20. The van der Waals surface area contributed by atoms with Crippen molar-refractivity contribution in [2.75, 3.05) is 7.11 Å². The Kier molecular flexibility index (Phi) is 5.37. The van der Waals surface area contributed by atoms with E-state index in [1.165, 1.54) is 0 Å². The molecule has 20 heavy (non-hydrogen) atoms. The Hall–Kier alpha value is -2.24. The highest BCUT2D eigenvalue weighted by atomic mass is 16.5. The average molecular weight is 279 g/mol. The molecule has 0 aliphatic rings. The number of rotatable bonds is 5. The van der Waals surface area contributed by atoms with E-state index in [0.717, 1.165) is 11.1 Å². The number of aryl methyl sites for hydroxylation is 1. The van der Waals surface area contributed by atoms with Crippen molar-refractivity contribution in [1.82, 2.24) is 10.6 Å². The number of carbonyl (C=O) groups excluding carboxylic acids is 2. The van der Waals surface area contributed by atoms with Crippen molar-refractivity contribution < 1.29 is 14.3 Å². The predicted octanol–water partition coefficient (Wildman–Crippen LogP) is 1.24. The first kappa shape index (κ1) is 15.8. The molecule has 1 aromatic rings. The summed E-state index contributed by atoms with van der Waals surface area (Å²) in [5, 5.41) is 5.15. The highest BCUT2D eigenvalue weighted by Crippen LogP contribution is 2.25. The number of nitrogens with one attached hydrogen (secondary N) is 2. The number of methoxy groups -OCH3 is 1. The Balaban J connectivity index is 2.80. The van der Waals surface area contributed by atoms with E-state index in [-0.39, 0.29) is 11.9 Å². The zero-order chi connectivity index (χ0) is 15.3. The summed E-state index contributed by atoms with van der Waals surface area (Å²) in [7, 11) is 1.58. The van der Waals surface area contributed by atoms with Crippen LogP contribution in [0, 0.1) is 6.92 Å². The molecule has 0 aromatic heterocycles. The lowest BCUT2D eigenvalue weighted by molar-refractivity contribution is -0.123. The minimum absolute atomic E-state index is 0.241. The van der Waals surface area contributed by atoms with Crippen molar-refractivity contribution >= 4 is 11.9 Å². The van der Waals surface area contributed by atoms with Gasteiger partial charge in [0.1, 0.15) is 11.8 Å². The highest BCUT2D eigenvalue weighted by molar-refractivity contribution is 5.86. The maximum absolute atomic E-state index is 11.9. The van der Waals surface area contributed by atoms with E-state index in [4.69, 9.17) is 10.5 Å². The molecule has 6 heteroatoms. The van der Waals surface area contributed by atoms with Gasteiger partial charge < -0.3 is 21.1 Å². The summed E-state index contributed by atoms with van der Waals surface area (Å²) < 4.78 is 5.29. The minimum atomic E-state index is -0.728. The first-order chi connectivity index (χ1) is 9.35. The van der Waals surface area contributed by atoms with Crippen molar-refractivity contribution in [1.29, 1.82) is 0 Å². The highest BCUT2D eigenvalue weighted by Gasteiger charge is 2.19. The van der Waals surface area contributed by atoms with E-state index in [9.17, 15) is 9.59 Å². The fraction of sp³-hybridized carbons (Fsp3) is 0.429. The van der Waals surface area contributed by atoms with Crippen LogP contribution in [0.15, 0.2) is 18.2 Å². The molecule has 0 radical (unpaired) electrons. The second-order valence-corrected chi connectivity index (χ2v) is 4.71. The van der Waals surface area contributed by atoms with Gasteiger partial charge in [-0.3, -0.25) is 4.79 Å². The molecular weight excluding hydrogens is 258 g/mol. The van der Waals surface area contributed by atoms with Gasteiger partial charge in [0.05, 0.1) is 13.2 Å². The number of amides is 3. The Labute approximate surface area is 118 Å². The van der Waals surface area contributed by atoms with Gasteiger partial charge in [0.15, 0.2) is 0 Å². The molecule has 110 valence electrons. The normalized spacial score (nSPS) is 13.2. The van der Waals surface area contributed by atoms with E-state index < -0.39 is 12.1 Å². The van der Waals surface area contributed by atoms with Gasteiger partial charge in [-0.1, -0.05) is 17.7 Å². The van der Waals surface area contributed by atoms with Crippen LogP contribution in [0.4, 0.5) is 4.79 Å². The maximum atomic E-state index is 11.9. The van der Waals surface area contributed by atoms with Crippen LogP contribution in [0.25, 0.3) is 0 Å². The molecule has 2 atom stereocenters. The first-order valence-electron chi connectivity index (χ1n) is 6.36. The van der Waals surface area contributed by atoms with Gasteiger partial charge in [-0.05, 0) is 26.8 Å². The number of carbonyl (C=O) groups is 2. The Morgan fingerprint density at radius 2 is 1.90 bits per heavy atom. The van der Waals surface area contributed by atoms with Crippen LogP contribution in [-0.4, -0.2) is 25.1 Å². The number of primary amides is 1. The topological polar surface area (TPSA) is 93.4 Å². The molecule has 4 N–H and O–H groups in total. The van der Waals surface area contributed by atoms with E-state index in [2.05, 4.69) is 10.6 Å². The van der Waals surface area contributed by atoms with Gasteiger partial charge >= 0.3 is 6.03 Å². The number of hydrogen-bond donors (Lipinski definition) is 3. The Bertz CT molecular complexity index is 502. The number of nitrogens with two attached hydrogens (primary N) is 1. The summed E-state index contributed by atoms with van der Waals surface area (Å²) >= 11 is 0. The summed E-state index contributed by atoms with van der Waals surface area (Å²) in [4.78, 5) is 22.7. The molecule has 0 saturated carbocycles. The standard InChI is InChI=1S/C14H21N3O3/c1-8-5-6-12(20-4)11(7-8)9(2)16-13(18)10(3)17-14(15)19/h5-7,9-10H,1-4H3,(H,16,18)(H3,15,17,19)/t9-,10+/m0/s1. The summed E-state index contributed by atoms with van der Waals surface area (Å²) in [6, 6.07) is 4.09. The van der Waals surface area contributed by atoms with Crippen LogP contribution in [0.2, 0.25) is 0 Å². The lowest BCUT2D eigenvalue weighted by Crippen LogP contribution is -2.47. The molecule has 0 spiro atoms. The van der Waals surface area contributed by atoms with Gasteiger partial charge in [-0.2, -0.15) is 0 Å². The zero-order valence-corrected chi connectivity index (χ0v) is 12.2. The van der Waals surface area contributed by atoms with E-state index in [1.54, 1.807) is 14.0 Å². The van der Waals surface area contributed by atoms with E-state index >= 15 is 0 Å². The van der Waals surface area contributed by atoms with Gasteiger partial charge in [0.2, 0.25) is 5.91 Å². The van der Waals surface area contributed by atoms with Gasteiger partial charge in [-0.25, -0.2) is 4.79 Å². The molecule has 0 aliphatic heterocycles. The maximum Gasteiger partial charge on any atom is 0.312 e. The second-order valence-electron chi connectivity index (χ2n) is 4.71. The molecule has 3 amide bonds. The minimum Gasteiger partial charge on any atom is -0.496 e. The van der Waals surface area contributed by atoms with Crippen LogP contribution in [-0.2, 0) is 4.79 Å². The van der Waals surface area contributed by atoms with Crippen molar-refractivity contribution in [3.8, 4) is 5.75 Å². The molecule has 0 unspecified atom stereocenters. The average Bonchev–Trinajstić information content (AvgIpc) is 2.37. The zero-order valence-electron chi connectivity index (χ0n) is 12.2. The summed E-state index contributed by atoms with van der Waals surface area (Å²) in [5.74, 6) is 0.402. The molecule has 6 nitrogen and oxygen atoms in total. The Morgan fingerprint density at radius 3 is 2.45 bits per heavy atom. The third kappa shape index (κ3) is 4.15. The summed E-state index contributed by atoms with van der Waals surface area (Å²) in [6.45, 7) is 5.39. The van der Waals surface area contributed by atoms with Gasteiger partial charge in [0, 0.05) is 5.56 Å². The number of urea groups is 1. The third-order valence-corrected chi connectivity index (χ3v) is 2.96. The molecule has 0 heterocycles. The van der Waals surface area contributed by atoms with Gasteiger partial charge in [-0.15, -0.1) is 0 Å². The fourth-order valence-electron chi connectivity index (χ4n) is 1.89. The smallest absolute Gasteiger partial charge is 0.312 e. The molecule has 0 bridgehead atoms. The second kappa shape index (κ2) is 6.79. The molecular formula is C14H21N3O3. The quantitative estimate of drug-likeness (QED) is 0.757. The van der Waals surface area contributed by atoms with Crippen LogP contribution in [0.1, 0.15) is 31.0 Å². The molecule has 1 rings (SSSR count). The van der Waals surface area contributed by atoms with Crippen molar-refractivity contribution in [2.24, 2.45) is 5.73 Å². The molecule has 1 aromatic carbocycles. The number of hydrogen-bond acceptors (Lipinski definition) is 3. The monoisotopic (exact) mass is 279 g/mol. The fourth-order valence-corrected chi connectivity index (χ4v) is 1.89. The van der Waals surface area contributed by atoms with E-state index in [0.29, 0.717) is 5.75 Å². The summed E-state index contributed by atoms with van der Waals surface area (Å²) in [6.07, 6.45) is 0. The van der Waals surface area contributed by atoms with Crippen LogP contribution < -0.4 is 21.1 Å². The van der Waals surface area contributed by atoms with Crippen molar-refractivity contribution in [3.63, 3.8) is 0 Å². The predicted molar refractivity (Wildman–Crippen MR) is 76.5 cm³/mol. The van der Waals surface area contributed by atoms with Crippen LogP contribution in [0.3, 0.4) is 0 Å². The third-order valence-electron chi connectivity index (χ3n) is 2.96. The van der Waals surface area contributed by atoms with Crippen molar-refractivity contribution in [3.05, 3.63) is 29.3 Å². The van der Waals surface area contributed by atoms with Crippen molar-refractivity contribution in [2.45, 2.75) is 32.9 Å².